The van der Waals surface area contributed by atoms with Crippen LogP contribution < -0.4 is 5.32 Å². The number of carbonyl (C=O) groups is 1. The normalized spacial score (nSPS) is 17.9. The molecule has 1 saturated carbocycles. The highest BCUT2D eigenvalue weighted by atomic mass is 35.5. The molecule has 1 heterocycles. The van der Waals surface area contributed by atoms with Gasteiger partial charge in [-0.25, -0.2) is 4.39 Å². The van der Waals surface area contributed by atoms with Crippen molar-refractivity contribution in [1.29, 1.82) is 0 Å². The standard InChI is InChI=1S/C30H30ClFN2OS/c1-19-7-9-20(10-8-19)21-11-16-26(32)22(17-21)18-34(24-14-12-23(33-2)13-15-24)30(35)29-28(31)25-5-3-4-6-27(25)36-29/h3-11,16-17,23-24,33H,12-15,18H2,1-2H3. The smallest absolute Gasteiger partial charge is 0.266 e. The molecule has 3 nitrogen and oxygen atoms in total. The lowest BCUT2D eigenvalue weighted by atomic mass is 9.89. The van der Waals surface area contributed by atoms with E-state index in [0.29, 0.717) is 21.5 Å². The summed E-state index contributed by atoms with van der Waals surface area (Å²) >= 11 is 8.13. The van der Waals surface area contributed by atoms with Crippen molar-refractivity contribution in [2.45, 2.75) is 51.2 Å². The van der Waals surface area contributed by atoms with Gasteiger partial charge in [0.1, 0.15) is 10.7 Å². The number of carbonyl (C=O) groups excluding carboxylic acids is 1. The van der Waals surface area contributed by atoms with E-state index < -0.39 is 0 Å². The van der Waals surface area contributed by atoms with Crippen LogP contribution in [-0.4, -0.2) is 29.9 Å². The first-order valence-electron chi connectivity index (χ1n) is 12.5. The number of fused-ring (bicyclic) bond motifs is 1. The molecule has 6 heteroatoms. The van der Waals surface area contributed by atoms with Gasteiger partial charge in [0.05, 0.1) is 5.02 Å². The second-order valence-corrected chi connectivity index (χ2v) is 11.1. The van der Waals surface area contributed by atoms with Gasteiger partial charge < -0.3 is 10.2 Å². The summed E-state index contributed by atoms with van der Waals surface area (Å²) in [5.74, 6) is -0.413. The first kappa shape index (κ1) is 24.9. The van der Waals surface area contributed by atoms with Crippen LogP contribution >= 0.6 is 22.9 Å². The van der Waals surface area contributed by atoms with Crippen molar-refractivity contribution in [2.24, 2.45) is 0 Å². The van der Waals surface area contributed by atoms with Crippen LogP contribution in [0.3, 0.4) is 0 Å². The van der Waals surface area contributed by atoms with E-state index in [0.717, 1.165) is 46.9 Å². The molecule has 3 aromatic carbocycles. The van der Waals surface area contributed by atoms with Crippen molar-refractivity contribution < 1.29 is 9.18 Å². The molecular formula is C30H30ClFN2OS. The fraction of sp³-hybridized carbons (Fsp3) is 0.300. The second-order valence-electron chi connectivity index (χ2n) is 9.64. The zero-order valence-electron chi connectivity index (χ0n) is 20.6. The predicted molar refractivity (Wildman–Crippen MR) is 148 cm³/mol. The SMILES string of the molecule is CNC1CCC(N(Cc2cc(-c3ccc(C)cc3)ccc2F)C(=O)c2sc3ccccc3c2Cl)CC1. The maximum Gasteiger partial charge on any atom is 0.266 e. The topological polar surface area (TPSA) is 32.3 Å². The fourth-order valence-electron chi connectivity index (χ4n) is 5.13. The Hall–Kier alpha value is -2.73. The number of aryl methyl sites for hydroxylation is 1. The van der Waals surface area contributed by atoms with E-state index in [-0.39, 0.29) is 24.3 Å². The first-order valence-corrected chi connectivity index (χ1v) is 13.6. The summed E-state index contributed by atoms with van der Waals surface area (Å²) in [6.07, 6.45) is 3.71. The Bertz CT molecular complexity index is 1380. The molecule has 1 fully saturated rings. The molecule has 36 heavy (non-hydrogen) atoms. The highest BCUT2D eigenvalue weighted by Crippen LogP contribution is 2.38. The monoisotopic (exact) mass is 520 g/mol. The lowest BCUT2D eigenvalue weighted by Crippen LogP contribution is -2.44. The average Bonchev–Trinajstić information content (AvgIpc) is 3.25. The van der Waals surface area contributed by atoms with Gasteiger partial charge in [0.2, 0.25) is 0 Å². The van der Waals surface area contributed by atoms with E-state index in [4.69, 9.17) is 11.6 Å². The summed E-state index contributed by atoms with van der Waals surface area (Å²) in [6, 6.07) is 21.7. The van der Waals surface area contributed by atoms with Crippen LogP contribution in [0.5, 0.6) is 0 Å². The number of rotatable bonds is 6. The van der Waals surface area contributed by atoms with Gasteiger partial charge in [-0.15, -0.1) is 11.3 Å². The molecule has 0 bridgehead atoms. The van der Waals surface area contributed by atoms with Gasteiger partial charge in [-0.2, -0.15) is 0 Å². The molecule has 0 unspecified atom stereocenters. The van der Waals surface area contributed by atoms with Crippen molar-refractivity contribution in [3.63, 3.8) is 0 Å². The number of nitrogens with zero attached hydrogens (tertiary/aromatic N) is 1. The highest BCUT2D eigenvalue weighted by molar-refractivity contribution is 7.21. The van der Waals surface area contributed by atoms with Gasteiger partial charge in [-0.3, -0.25) is 4.79 Å². The lowest BCUT2D eigenvalue weighted by Gasteiger charge is -2.37. The molecule has 0 atom stereocenters. The first-order chi connectivity index (χ1) is 17.4. The highest BCUT2D eigenvalue weighted by Gasteiger charge is 2.32. The quantitative estimate of drug-likeness (QED) is 0.281. The van der Waals surface area contributed by atoms with Crippen LogP contribution in [0, 0.1) is 12.7 Å². The number of nitrogens with one attached hydrogen (secondary N) is 1. The van der Waals surface area contributed by atoms with E-state index in [1.54, 1.807) is 6.07 Å². The van der Waals surface area contributed by atoms with Gasteiger partial charge in [0.25, 0.3) is 5.91 Å². The Balaban J connectivity index is 1.50. The second kappa shape index (κ2) is 10.7. The van der Waals surface area contributed by atoms with Crippen molar-refractivity contribution in [3.05, 3.63) is 93.6 Å². The van der Waals surface area contributed by atoms with Gasteiger partial charge in [-0.05, 0) is 69.0 Å². The number of halogens is 2. The minimum Gasteiger partial charge on any atom is -0.330 e. The maximum atomic E-state index is 15.1. The summed E-state index contributed by atoms with van der Waals surface area (Å²) in [4.78, 5) is 16.4. The van der Waals surface area contributed by atoms with Crippen LogP contribution in [0.25, 0.3) is 21.2 Å². The van der Waals surface area contributed by atoms with E-state index in [1.165, 1.54) is 23.0 Å². The van der Waals surface area contributed by atoms with E-state index in [9.17, 15) is 4.79 Å². The Morgan fingerprint density at radius 3 is 2.42 bits per heavy atom. The molecule has 0 spiro atoms. The number of thiophene rings is 1. The van der Waals surface area contributed by atoms with Gasteiger partial charge in [-0.1, -0.05) is 65.7 Å². The fourth-order valence-corrected chi connectivity index (χ4v) is 6.60. The minimum absolute atomic E-state index is 0.0332. The van der Waals surface area contributed by atoms with Crippen molar-refractivity contribution in [2.75, 3.05) is 7.05 Å². The minimum atomic E-state index is -0.296. The van der Waals surface area contributed by atoms with Crippen molar-refractivity contribution >= 4 is 38.9 Å². The zero-order valence-corrected chi connectivity index (χ0v) is 22.1. The average molecular weight is 521 g/mol. The molecule has 1 N–H and O–H groups in total. The molecule has 1 amide bonds. The summed E-state index contributed by atoms with van der Waals surface area (Å²) in [6.45, 7) is 2.26. The summed E-state index contributed by atoms with van der Waals surface area (Å²) < 4.78 is 16.1. The Morgan fingerprint density at radius 2 is 1.72 bits per heavy atom. The lowest BCUT2D eigenvalue weighted by molar-refractivity contribution is 0.0604. The van der Waals surface area contributed by atoms with Crippen LogP contribution in [0.1, 0.15) is 46.5 Å². The van der Waals surface area contributed by atoms with Crippen LogP contribution in [-0.2, 0) is 6.54 Å². The van der Waals surface area contributed by atoms with E-state index in [1.807, 2.05) is 61.3 Å². The Kier molecular flexibility index (Phi) is 7.42. The molecular weight excluding hydrogens is 491 g/mol. The molecule has 5 rings (SSSR count). The number of amides is 1. The van der Waals surface area contributed by atoms with Gasteiger partial charge >= 0.3 is 0 Å². The third-order valence-corrected chi connectivity index (χ3v) is 8.97. The van der Waals surface area contributed by atoms with Crippen molar-refractivity contribution in [3.8, 4) is 11.1 Å². The predicted octanol–water partition coefficient (Wildman–Crippen LogP) is 7.84. The summed E-state index contributed by atoms with van der Waals surface area (Å²) in [5.41, 5.74) is 3.67. The maximum absolute atomic E-state index is 15.1. The molecule has 1 aliphatic carbocycles. The largest absolute Gasteiger partial charge is 0.330 e. The van der Waals surface area contributed by atoms with Gasteiger partial charge in [0, 0.05) is 34.3 Å². The van der Waals surface area contributed by atoms with Crippen LogP contribution in [0.2, 0.25) is 5.02 Å². The van der Waals surface area contributed by atoms with Gasteiger partial charge in [0.15, 0.2) is 0 Å². The van der Waals surface area contributed by atoms with Crippen molar-refractivity contribution in [1.82, 2.24) is 10.2 Å². The molecule has 0 saturated heterocycles. The van der Waals surface area contributed by atoms with E-state index in [2.05, 4.69) is 17.4 Å². The number of benzene rings is 3. The van der Waals surface area contributed by atoms with E-state index >= 15 is 4.39 Å². The molecule has 0 radical (unpaired) electrons. The van der Waals surface area contributed by atoms with Crippen LogP contribution in [0.4, 0.5) is 4.39 Å². The molecule has 1 aromatic heterocycles. The van der Waals surface area contributed by atoms with Crippen LogP contribution in [0.15, 0.2) is 66.7 Å². The zero-order chi connectivity index (χ0) is 25.2. The Labute approximate surface area is 220 Å². The third-order valence-electron chi connectivity index (χ3n) is 7.31. The Morgan fingerprint density at radius 1 is 1.03 bits per heavy atom. The number of hydrogen-bond acceptors (Lipinski definition) is 3. The molecule has 1 aliphatic rings. The summed E-state index contributed by atoms with van der Waals surface area (Å²) in [5, 5.41) is 4.73. The summed E-state index contributed by atoms with van der Waals surface area (Å²) in [7, 11) is 1.98. The molecule has 0 aliphatic heterocycles. The molecule has 4 aromatic rings. The molecule has 186 valence electrons. The number of hydrogen-bond donors (Lipinski definition) is 1. The third kappa shape index (κ3) is 5.06.